The smallest absolute Gasteiger partial charge is 0.0201 e. The van der Waals surface area contributed by atoms with E-state index in [1.165, 1.54) is 25.9 Å². The van der Waals surface area contributed by atoms with Crippen molar-refractivity contribution in [3.05, 3.63) is 0 Å². The van der Waals surface area contributed by atoms with Crippen LogP contribution >= 0.6 is 0 Å². The lowest BCUT2D eigenvalue weighted by molar-refractivity contribution is -0.0905. The summed E-state index contributed by atoms with van der Waals surface area (Å²) in [7, 11) is 0. The Labute approximate surface area is 134 Å². The topological polar surface area (TPSA) is 3.24 Å². The molecule has 0 saturated carbocycles. The van der Waals surface area contributed by atoms with Crippen LogP contribution in [0.2, 0.25) is 0 Å². The summed E-state index contributed by atoms with van der Waals surface area (Å²) in [5.74, 6) is 0. The average Bonchev–Trinajstić information content (AvgIpc) is 2.26. The van der Waals surface area contributed by atoms with Crippen molar-refractivity contribution in [2.24, 2.45) is 21.7 Å². The molecule has 0 N–H and O–H groups in total. The SMILES string of the molecule is CC(C)(C)C(C)(C)N1CCC(C)(C(C)(C)C(C)(C)C)CC1. The van der Waals surface area contributed by atoms with Gasteiger partial charge < -0.3 is 0 Å². The molecule has 0 atom stereocenters. The van der Waals surface area contributed by atoms with Crippen LogP contribution in [0.25, 0.3) is 0 Å². The molecule has 0 amide bonds. The molecule has 0 aromatic carbocycles. The highest BCUT2D eigenvalue weighted by molar-refractivity contribution is 5.02. The van der Waals surface area contributed by atoms with E-state index in [1.54, 1.807) is 0 Å². The van der Waals surface area contributed by atoms with Crippen molar-refractivity contribution in [2.75, 3.05) is 13.1 Å². The Kier molecular flexibility index (Phi) is 4.75. The van der Waals surface area contributed by atoms with Crippen molar-refractivity contribution >= 4 is 0 Å². The number of hydrogen-bond donors (Lipinski definition) is 0. The number of piperidine rings is 1. The van der Waals surface area contributed by atoms with E-state index < -0.39 is 0 Å². The zero-order chi connectivity index (χ0) is 16.9. The predicted molar refractivity (Wildman–Crippen MR) is 95.7 cm³/mol. The summed E-state index contributed by atoms with van der Waals surface area (Å²) in [6.45, 7) is 29.2. The monoisotopic (exact) mass is 295 g/mol. The summed E-state index contributed by atoms with van der Waals surface area (Å²) in [5.41, 5.74) is 1.73. The molecule has 1 rings (SSSR count). The van der Waals surface area contributed by atoms with Gasteiger partial charge in [0.2, 0.25) is 0 Å². The summed E-state index contributed by atoms with van der Waals surface area (Å²) in [6.07, 6.45) is 2.63. The van der Waals surface area contributed by atoms with Gasteiger partial charge in [0.1, 0.15) is 0 Å². The molecule has 1 heteroatoms. The molecule has 1 fully saturated rings. The van der Waals surface area contributed by atoms with E-state index in [0.717, 1.165) is 0 Å². The lowest BCUT2D eigenvalue weighted by Crippen LogP contribution is -2.59. The molecule has 0 aromatic rings. The number of likely N-dealkylation sites (tertiary alicyclic amines) is 1. The summed E-state index contributed by atoms with van der Waals surface area (Å²) < 4.78 is 0. The third-order valence-corrected chi connectivity index (χ3v) is 7.88. The van der Waals surface area contributed by atoms with Gasteiger partial charge in [-0.3, -0.25) is 4.90 Å². The molecular formula is C20H41N. The second-order valence-corrected chi connectivity index (χ2v) is 10.7. The Morgan fingerprint density at radius 1 is 0.667 bits per heavy atom. The van der Waals surface area contributed by atoms with Gasteiger partial charge in [-0.15, -0.1) is 0 Å². The van der Waals surface area contributed by atoms with Gasteiger partial charge in [-0.1, -0.05) is 62.3 Å². The highest BCUT2D eigenvalue weighted by atomic mass is 15.2. The minimum absolute atomic E-state index is 0.264. The maximum absolute atomic E-state index is 2.73. The lowest BCUT2D eigenvalue weighted by atomic mass is 9.52. The minimum atomic E-state index is 0.264. The Morgan fingerprint density at radius 2 is 1.05 bits per heavy atom. The first-order chi connectivity index (χ1) is 9.06. The number of hydrogen-bond acceptors (Lipinski definition) is 1. The molecule has 0 aromatic heterocycles. The molecule has 126 valence electrons. The van der Waals surface area contributed by atoms with Crippen LogP contribution in [-0.2, 0) is 0 Å². The van der Waals surface area contributed by atoms with Gasteiger partial charge in [-0.25, -0.2) is 0 Å². The van der Waals surface area contributed by atoms with E-state index >= 15 is 0 Å². The molecule has 0 unspecified atom stereocenters. The highest BCUT2D eigenvalue weighted by Crippen LogP contribution is 2.56. The van der Waals surface area contributed by atoms with Crippen LogP contribution in [0.5, 0.6) is 0 Å². The predicted octanol–water partition coefficient (Wildman–Crippen LogP) is 5.99. The Hall–Kier alpha value is -0.0400. The summed E-state index contributed by atoms with van der Waals surface area (Å²) in [4.78, 5) is 2.73. The molecule has 0 aliphatic carbocycles. The molecule has 1 aliphatic rings. The minimum Gasteiger partial charge on any atom is -0.298 e. The molecule has 0 spiro atoms. The van der Waals surface area contributed by atoms with Crippen LogP contribution in [0.4, 0.5) is 0 Å². The summed E-state index contributed by atoms with van der Waals surface area (Å²) in [5, 5.41) is 0. The van der Waals surface area contributed by atoms with Gasteiger partial charge in [-0.2, -0.15) is 0 Å². The van der Waals surface area contributed by atoms with Crippen LogP contribution < -0.4 is 0 Å². The largest absolute Gasteiger partial charge is 0.298 e. The first-order valence-electron chi connectivity index (χ1n) is 8.81. The third-order valence-electron chi connectivity index (χ3n) is 7.88. The van der Waals surface area contributed by atoms with Crippen molar-refractivity contribution in [1.82, 2.24) is 4.90 Å². The van der Waals surface area contributed by atoms with E-state index in [1.807, 2.05) is 0 Å². The van der Waals surface area contributed by atoms with Crippen molar-refractivity contribution < 1.29 is 0 Å². The van der Waals surface area contributed by atoms with Gasteiger partial charge in [0.15, 0.2) is 0 Å². The molecule has 1 nitrogen and oxygen atoms in total. The van der Waals surface area contributed by atoms with Gasteiger partial charge in [0, 0.05) is 5.54 Å². The fraction of sp³-hybridized carbons (Fsp3) is 1.00. The number of nitrogens with zero attached hydrogens (tertiary/aromatic N) is 1. The Morgan fingerprint density at radius 3 is 1.33 bits per heavy atom. The molecule has 1 aliphatic heterocycles. The van der Waals surface area contributed by atoms with Crippen molar-refractivity contribution in [2.45, 2.75) is 94.5 Å². The molecule has 21 heavy (non-hydrogen) atoms. The molecule has 1 saturated heterocycles. The van der Waals surface area contributed by atoms with Crippen LogP contribution in [0.3, 0.4) is 0 Å². The van der Waals surface area contributed by atoms with E-state index in [-0.39, 0.29) is 5.54 Å². The Bertz CT molecular complexity index is 354. The molecule has 0 radical (unpaired) electrons. The van der Waals surface area contributed by atoms with E-state index in [9.17, 15) is 0 Å². The Balaban J connectivity index is 2.90. The standard InChI is InChI=1S/C20H41N/c1-16(2,3)18(7,8)20(11)12-14-21(15-13-20)19(9,10)17(4,5)6/h12-15H2,1-11H3. The summed E-state index contributed by atoms with van der Waals surface area (Å²) >= 11 is 0. The highest BCUT2D eigenvalue weighted by Gasteiger charge is 2.51. The fourth-order valence-corrected chi connectivity index (χ4v) is 3.56. The van der Waals surface area contributed by atoms with Crippen LogP contribution in [0.1, 0.15) is 89.0 Å². The van der Waals surface area contributed by atoms with Gasteiger partial charge in [-0.05, 0) is 61.4 Å². The summed E-state index contributed by atoms with van der Waals surface area (Å²) in [6, 6.07) is 0. The fourth-order valence-electron chi connectivity index (χ4n) is 3.56. The zero-order valence-electron chi connectivity index (χ0n) is 16.8. The molecule has 1 heterocycles. The first-order valence-corrected chi connectivity index (χ1v) is 8.81. The molecule has 0 bridgehead atoms. The van der Waals surface area contributed by atoms with Crippen LogP contribution in [-0.4, -0.2) is 23.5 Å². The van der Waals surface area contributed by atoms with Gasteiger partial charge in [0.05, 0.1) is 0 Å². The van der Waals surface area contributed by atoms with Crippen molar-refractivity contribution in [3.63, 3.8) is 0 Å². The maximum Gasteiger partial charge on any atom is 0.0201 e. The van der Waals surface area contributed by atoms with Gasteiger partial charge >= 0.3 is 0 Å². The number of rotatable bonds is 2. The van der Waals surface area contributed by atoms with Crippen molar-refractivity contribution in [1.29, 1.82) is 0 Å². The lowest BCUT2D eigenvalue weighted by Gasteiger charge is -2.58. The quantitative estimate of drug-likeness (QED) is 0.605. The first kappa shape index (κ1) is 19.0. The van der Waals surface area contributed by atoms with E-state index in [0.29, 0.717) is 21.7 Å². The normalized spacial score (nSPS) is 22.4. The molecular weight excluding hydrogens is 254 g/mol. The van der Waals surface area contributed by atoms with Gasteiger partial charge in [0.25, 0.3) is 0 Å². The second kappa shape index (κ2) is 5.25. The van der Waals surface area contributed by atoms with Crippen molar-refractivity contribution in [3.8, 4) is 0 Å². The van der Waals surface area contributed by atoms with E-state index in [2.05, 4.69) is 81.1 Å². The van der Waals surface area contributed by atoms with E-state index in [4.69, 9.17) is 0 Å². The van der Waals surface area contributed by atoms with Crippen LogP contribution in [0.15, 0.2) is 0 Å². The third kappa shape index (κ3) is 3.19. The maximum atomic E-state index is 2.73. The zero-order valence-corrected chi connectivity index (χ0v) is 16.8. The van der Waals surface area contributed by atoms with Crippen LogP contribution in [0, 0.1) is 21.7 Å². The second-order valence-electron chi connectivity index (χ2n) is 10.7. The average molecular weight is 296 g/mol.